The number of benzene rings is 1. The third kappa shape index (κ3) is 3.40. The predicted molar refractivity (Wildman–Crippen MR) is 110 cm³/mol. The van der Waals surface area contributed by atoms with E-state index < -0.39 is 11.9 Å². The fraction of sp³-hybridized carbons (Fsp3) is 0.136. The average Bonchev–Trinajstić information content (AvgIpc) is 2.82. The van der Waals surface area contributed by atoms with Gasteiger partial charge in [0, 0.05) is 0 Å². The van der Waals surface area contributed by atoms with Gasteiger partial charge < -0.3 is 14.8 Å². The van der Waals surface area contributed by atoms with Gasteiger partial charge in [-0.05, 0) is 17.7 Å². The Morgan fingerprint density at radius 1 is 1.10 bits per heavy atom. The number of hydrogen-bond donors (Lipinski definition) is 1. The van der Waals surface area contributed by atoms with E-state index in [2.05, 4.69) is 21.4 Å². The van der Waals surface area contributed by atoms with Crippen molar-refractivity contribution in [3.8, 4) is 6.07 Å². The summed E-state index contributed by atoms with van der Waals surface area (Å²) in [7, 11) is 2.43. The largest absolute Gasteiger partial charge is 0.465 e. The lowest BCUT2D eigenvalue weighted by molar-refractivity contribution is -0.137. The van der Waals surface area contributed by atoms with E-state index in [1.165, 1.54) is 14.2 Å². The van der Waals surface area contributed by atoms with Crippen LogP contribution in [0.2, 0.25) is 0 Å². The molecule has 31 heavy (non-hydrogen) atoms. The Morgan fingerprint density at radius 2 is 1.84 bits per heavy atom. The Labute approximate surface area is 176 Å². The van der Waals surface area contributed by atoms with Gasteiger partial charge in [0.15, 0.2) is 5.49 Å². The Kier molecular flexibility index (Phi) is 5.20. The maximum absolute atomic E-state index is 12.5. The van der Waals surface area contributed by atoms with Crippen LogP contribution in [0.25, 0.3) is 11.1 Å². The van der Waals surface area contributed by atoms with Gasteiger partial charge in [-0.25, -0.2) is 9.59 Å². The highest BCUT2D eigenvalue weighted by atomic mass is 16.5. The van der Waals surface area contributed by atoms with Crippen molar-refractivity contribution < 1.29 is 19.1 Å². The first-order valence-electron chi connectivity index (χ1n) is 9.27. The molecule has 3 aromatic rings. The molecule has 1 N–H and O–H groups in total. The molecule has 1 aromatic carbocycles. The molecular formula is C22H17N5O4. The summed E-state index contributed by atoms with van der Waals surface area (Å²) < 4.78 is 11.3. The number of esters is 2. The number of carbonyl (C=O) groups is 2. The van der Waals surface area contributed by atoms with Gasteiger partial charge in [-0.1, -0.05) is 36.4 Å². The Balaban J connectivity index is 1.99. The summed E-state index contributed by atoms with van der Waals surface area (Å²) in [6.45, 7) is 0.324. The highest BCUT2D eigenvalue weighted by Gasteiger charge is 2.32. The van der Waals surface area contributed by atoms with Crippen molar-refractivity contribution in [3.05, 3.63) is 76.5 Å². The van der Waals surface area contributed by atoms with Gasteiger partial charge in [-0.2, -0.15) is 10.2 Å². The van der Waals surface area contributed by atoms with Crippen LogP contribution in [0.15, 0.2) is 59.2 Å². The Morgan fingerprint density at radius 3 is 2.52 bits per heavy atom. The summed E-state index contributed by atoms with van der Waals surface area (Å²) in [6.07, 6.45) is 0. The Hall–Kier alpha value is -4.45. The van der Waals surface area contributed by atoms with Crippen molar-refractivity contribution in [2.45, 2.75) is 6.54 Å². The second kappa shape index (κ2) is 8.12. The molecule has 3 heterocycles. The number of anilines is 1. The SMILES string of the molecule is COC(=O)C1=C(C(=O)OC)c2cccc3c(C#N)c(=NCc4ccccc4)nc(n23)N1. The number of nitrogens with one attached hydrogen (secondary N) is 1. The second-order valence-corrected chi connectivity index (χ2v) is 6.54. The van der Waals surface area contributed by atoms with Crippen molar-refractivity contribution in [1.29, 1.82) is 5.26 Å². The molecule has 0 radical (unpaired) electrons. The number of nitrogens with zero attached hydrogens (tertiary/aromatic N) is 4. The zero-order chi connectivity index (χ0) is 22.0. The van der Waals surface area contributed by atoms with E-state index in [9.17, 15) is 14.9 Å². The quantitative estimate of drug-likeness (QED) is 0.646. The summed E-state index contributed by atoms with van der Waals surface area (Å²) in [6, 6.07) is 16.7. The van der Waals surface area contributed by atoms with Crippen LogP contribution >= 0.6 is 0 Å². The molecule has 154 valence electrons. The van der Waals surface area contributed by atoms with Gasteiger partial charge in [-0.3, -0.25) is 9.39 Å². The minimum Gasteiger partial charge on any atom is -0.465 e. The highest BCUT2D eigenvalue weighted by Crippen LogP contribution is 2.30. The third-order valence-electron chi connectivity index (χ3n) is 4.78. The standard InChI is InChI=1S/C22H17N5O4/c1-30-20(28)17-16-10-6-9-15-14(11-23)19(24-12-13-7-4-3-5-8-13)26-22(27(15)16)25-18(17)21(29)31-2/h3-10H,12H2,1-2H3,(H,24,25,26). The fourth-order valence-electron chi connectivity index (χ4n) is 3.37. The second-order valence-electron chi connectivity index (χ2n) is 6.54. The number of carbonyl (C=O) groups excluding carboxylic acids is 2. The first kappa shape index (κ1) is 19.8. The monoisotopic (exact) mass is 415 g/mol. The number of methoxy groups -OCH3 is 2. The number of nitriles is 1. The highest BCUT2D eigenvalue weighted by molar-refractivity contribution is 6.24. The number of pyridine rings is 1. The topological polar surface area (TPSA) is 118 Å². The molecule has 0 atom stereocenters. The molecule has 0 spiro atoms. The van der Waals surface area contributed by atoms with Gasteiger partial charge in [0.25, 0.3) is 0 Å². The average molecular weight is 415 g/mol. The normalized spacial score (nSPS) is 12.9. The van der Waals surface area contributed by atoms with E-state index in [0.717, 1.165) is 5.56 Å². The molecule has 0 fully saturated rings. The van der Waals surface area contributed by atoms with E-state index in [1.54, 1.807) is 22.6 Å². The number of aromatic nitrogens is 2. The molecule has 1 aliphatic rings. The predicted octanol–water partition coefficient (Wildman–Crippen LogP) is 1.79. The van der Waals surface area contributed by atoms with Gasteiger partial charge in [-0.15, -0.1) is 0 Å². The number of rotatable bonds is 4. The first-order valence-corrected chi connectivity index (χ1v) is 9.27. The Bertz CT molecular complexity index is 1350. The number of ether oxygens (including phenoxy) is 2. The van der Waals surface area contributed by atoms with Gasteiger partial charge in [0.05, 0.1) is 32.0 Å². The minimum absolute atomic E-state index is 0.0166. The molecule has 9 heteroatoms. The van der Waals surface area contributed by atoms with E-state index in [0.29, 0.717) is 17.8 Å². The molecule has 9 nitrogen and oxygen atoms in total. The smallest absolute Gasteiger partial charge is 0.355 e. The van der Waals surface area contributed by atoms with Gasteiger partial charge >= 0.3 is 11.9 Å². The van der Waals surface area contributed by atoms with Crippen LogP contribution in [0.3, 0.4) is 0 Å². The van der Waals surface area contributed by atoms with Crippen molar-refractivity contribution in [2.75, 3.05) is 19.5 Å². The molecule has 1 aliphatic heterocycles. The molecular weight excluding hydrogens is 398 g/mol. The van der Waals surface area contributed by atoms with Crippen molar-refractivity contribution in [1.82, 2.24) is 9.38 Å². The maximum Gasteiger partial charge on any atom is 0.355 e. The van der Waals surface area contributed by atoms with Crippen LogP contribution in [0.1, 0.15) is 16.8 Å². The fourth-order valence-corrected chi connectivity index (χ4v) is 3.37. The summed E-state index contributed by atoms with van der Waals surface area (Å²) in [4.78, 5) is 33.8. The van der Waals surface area contributed by atoms with Crippen LogP contribution in [0, 0.1) is 11.3 Å². The molecule has 0 bridgehead atoms. The summed E-state index contributed by atoms with van der Waals surface area (Å²) in [5, 5.41) is 12.7. The minimum atomic E-state index is -0.752. The molecule has 0 saturated heterocycles. The summed E-state index contributed by atoms with van der Waals surface area (Å²) in [5.74, 6) is -1.25. The molecule has 0 amide bonds. The van der Waals surface area contributed by atoms with E-state index in [-0.39, 0.29) is 28.3 Å². The lowest BCUT2D eigenvalue weighted by atomic mass is 10.1. The lowest BCUT2D eigenvalue weighted by Gasteiger charge is -2.23. The van der Waals surface area contributed by atoms with Crippen LogP contribution < -0.4 is 10.8 Å². The van der Waals surface area contributed by atoms with Gasteiger partial charge in [0.2, 0.25) is 5.95 Å². The lowest BCUT2D eigenvalue weighted by Crippen LogP contribution is -2.30. The molecule has 4 rings (SSSR count). The van der Waals surface area contributed by atoms with Crippen molar-refractivity contribution in [3.63, 3.8) is 0 Å². The van der Waals surface area contributed by atoms with Crippen molar-refractivity contribution in [2.24, 2.45) is 4.99 Å². The van der Waals surface area contributed by atoms with E-state index in [1.807, 2.05) is 30.3 Å². The van der Waals surface area contributed by atoms with Crippen LogP contribution in [0.4, 0.5) is 5.95 Å². The molecule has 0 unspecified atom stereocenters. The number of hydrogen-bond acceptors (Lipinski definition) is 8. The molecule has 0 saturated carbocycles. The maximum atomic E-state index is 12.5. The zero-order valence-corrected chi connectivity index (χ0v) is 16.7. The van der Waals surface area contributed by atoms with Gasteiger partial charge in [0.1, 0.15) is 22.9 Å². The molecule has 2 aromatic heterocycles. The molecule has 0 aliphatic carbocycles. The van der Waals surface area contributed by atoms with Crippen molar-refractivity contribution >= 4 is 29.0 Å². The zero-order valence-electron chi connectivity index (χ0n) is 16.7. The summed E-state index contributed by atoms with van der Waals surface area (Å²) >= 11 is 0. The van der Waals surface area contributed by atoms with Crippen LogP contribution in [0.5, 0.6) is 0 Å². The van der Waals surface area contributed by atoms with Crippen LogP contribution in [-0.2, 0) is 25.6 Å². The third-order valence-corrected chi connectivity index (χ3v) is 4.78. The van der Waals surface area contributed by atoms with Crippen LogP contribution in [-0.4, -0.2) is 35.5 Å². The first-order chi connectivity index (χ1) is 15.1. The van der Waals surface area contributed by atoms with E-state index in [4.69, 9.17) is 9.47 Å². The van der Waals surface area contributed by atoms with E-state index >= 15 is 0 Å². The summed E-state index contributed by atoms with van der Waals surface area (Å²) in [5.41, 5.74) is 2.13.